The number of rotatable bonds is 6. The van der Waals surface area contributed by atoms with Gasteiger partial charge in [-0.3, -0.25) is 4.98 Å². The molecule has 0 atom stereocenters. The summed E-state index contributed by atoms with van der Waals surface area (Å²) in [5, 5.41) is 7.79. The number of halogens is 1. The fourth-order valence-electron chi connectivity index (χ4n) is 3.19. The summed E-state index contributed by atoms with van der Waals surface area (Å²) in [6.07, 6.45) is 8.53. The number of carboxylic acid groups (broad SMARTS) is 1. The van der Waals surface area contributed by atoms with E-state index >= 15 is 0 Å². The number of ether oxygens (including phenoxy) is 2. The summed E-state index contributed by atoms with van der Waals surface area (Å²) >= 11 is 0. The van der Waals surface area contributed by atoms with E-state index in [4.69, 9.17) is 9.84 Å². The number of amides is 1. The van der Waals surface area contributed by atoms with Crippen molar-refractivity contribution in [1.29, 1.82) is 0 Å². The number of nitrogens with zero attached hydrogens (tertiary/aromatic N) is 2. The fourth-order valence-corrected chi connectivity index (χ4v) is 3.19. The SMILES string of the molecule is COCC(=O)O.O=C(OCC1CCCCC1)N(c1cccnc1)c1cccc(F)c1. The Hall–Kier alpha value is -3.00. The number of carbonyl (C=O) groups excluding carboxylic acids is 1. The smallest absolute Gasteiger partial charge is 0.419 e. The van der Waals surface area contributed by atoms with Crippen LogP contribution in [0.4, 0.5) is 20.6 Å². The van der Waals surface area contributed by atoms with Crippen molar-refractivity contribution in [3.63, 3.8) is 0 Å². The third kappa shape index (κ3) is 7.79. The average molecular weight is 418 g/mol. The van der Waals surface area contributed by atoms with Gasteiger partial charge in [0, 0.05) is 13.3 Å². The number of aromatic nitrogens is 1. The van der Waals surface area contributed by atoms with Crippen LogP contribution in [0.5, 0.6) is 0 Å². The molecular formula is C22H27FN2O5. The monoisotopic (exact) mass is 418 g/mol. The zero-order valence-electron chi connectivity index (χ0n) is 17.0. The number of hydrogen-bond donors (Lipinski definition) is 1. The number of methoxy groups -OCH3 is 1. The standard InChI is InChI=1S/C19H21FN2O2.C3H6O3/c20-16-8-4-9-17(12-16)22(18-10-5-11-21-13-18)19(23)24-14-15-6-2-1-3-7-15;1-6-2-3(4)5/h4-5,8-13,15H,1-3,6-7,14H2;2H2,1H3,(H,4,5). The first-order valence-electron chi connectivity index (χ1n) is 9.84. The Morgan fingerprint density at radius 1 is 1.17 bits per heavy atom. The van der Waals surface area contributed by atoms with Crippen molar-refractivity contribution in [3.05, 3.63) is 54.6 Å². The van der Waals surface area contributed by atoms with Crippen molar-refractivity contribution in [1.82, 2.24) is 4.98 Å². The zero-order valence-corrected chi connectivity index (χ0v) is 17.0. The molecule has 0 aliphatic heterocycles. The van der Waals surface area contributed by atoms with Crippen LogP contribution in [0.2, 0.25) is 0 Å². The van der Waals surface area contributed by atoms with E-state index in [9.17, 15) is 14.0 Å². The summed E-state index contributed by atoms with van der Waals surface area (Å²) in [6, 6.07) is 9.39. The van der Waals surface area contributed by atoms with Gasteiger partial charge in [0.15, 0.2) is 0 Å². The van der Waals surface area contributed by atoms with E-state index in [2.05, 4.69) is 9.72 Å². The minimum Gasteiger partial charge on any atom is -0.480 e. The molecule has 1 aliphatic rings. The van der Waals surface area contributed by atoms with Crippen molar-refractivity contribution in [2.45, 2.75) is 32.1 Å². The molecule has 1 fully saturated rings. The van der Waals surface area contributed by atoms with E-state index in [1.807, 2.05) is 0 Å². The predicted octanol–water partition coefficient (Wildman–Crippen LogP) is 4.79. The number of pyridine rings is 1. The summed E-state index contributed by atoms with van der Waals surface area (Å²) in [5.41, 5.74) is 0.980. The Morgan fingerprint density at radius 3 is 2.47 bits per heavy atom. The van der Waals surface area contributed by atoms with Gasteiger partial charge in [0.25, 0.3) is 0 Å². The highest BCUT2D eigenvalue weighted by molar-refractivity contribution is 5.95. The lowest BCUT2D eigenvalue weighted by molar-refractivity contribution is -0.141. The molecular weight excluding hydrogens is 391 g/mol. The molecule has 0 unspecified atom stereocenters. The Kier molecular flexibility index (Phi) is 9.73. The third-order valence-corrected chi connectivity index (χ3v) is 4.59. The minimum absolute atomic E-state index is 0.208. The van der Waals surface area contributed by atoms with Crippen LogP contribution in [0.25, 0.3) is 0 Å². The van der Waals surface area contributed by atoms with Gasteiger partial charge in [0.05, 0.1) is 24.2 Å². The molecule has 0 radical (unpaired) electrons. The molecule has 2 aromatic rings. The van der Waals surface area contributed by atoms with Crippen molar-refractivity contribution in [2.24, 2.45) is 5.92 Å². The highest BCUT2D eigenvalue weighted by atomic mass is 19.1. The molecule has 7 nitrogen and oxygen atoms in total. The molecule has 1 saturated carbocycles. The summed E-state index contributed by atoms with van der Waals surface area (Å²) < 4.78 is 23.3. The van der Waals surface area contributed by atoms with E-state index in [1.54, 1.807) is 36.7 Å². The summed E-state index contributed by atoms with van der Waals surface area (Å²) in [5.74, 6) is -0.912. The second-order valence-electron chi connectivity index (χ2n) is 6.93. The Labute approximate surface area is 175 Å². The minimum atomic E-state index is -0.933. The van der Waals surface area contributed by atoms with Crippen LogP contribution in [-0.4, -0.2) is 42.5 Å². The van der Waals surface area contributed by atoms with Crippen LogP contribution < -0.4 is 4.90 Å². The number of aliphatic carboxylic acids is 1. The van der Waals surface area contributed by atoms with Crippen LogP contribution in [0.3, 0.4) is 0 Å². The van der Waals surface area contributed by atoms with E-state index in [-0.39, 0.29) is 6.61 Å². The average Bonchev–Trinajstić information content (AvgIpc) is 2.74. The molecule has 1 aromatic heterocycles. The normalized spacial score (nSPS) is 13.7. The van der Waals surface area contributed by atoms with Gasteiger partial charge < -0.3 is 14.6 Å². The molecule has 0 saturated heterocycles. The fraction of sp³-hybridized carbons (Fsp3) is 0.409. The van der Waals surface area contributed by atoms with Crippen LogP contribution in [-0.2, 0) is 14.3 Å². The Balaban J connectivity index is 0.000000469. The molecule has 1 heterocycles. The van der Waals surface area contributed by atoms with Crippen LogP contribution in [0, 0.1) is 11.7 Å². The number of carbonyl (C=O) groups is 2. The Morgan fingerprint density at radius 2 is 1.90 bits per heavy atom. The maximum Gasteiger partial charge on any atom is 0.419 e. The van der Waals surface area contributed by atoms with Gasteiger partial charge in [0.2, 0.25) is 0 Å². The van der Waals surface area contributed by atoms with Gasteiger partial charge in [-0.1, -0.05) is 25.3 Å². The number of carboxylic acids is 1. The summed E-state index contributed by atoms with van der Waals surface area (Å²) in [6.45, 7) is 0.199. The molecule has 1 amide bonds. The Bertz CT molecular complexity index is 797. The highest BCUT2D eigenvalue weighted by Gasteiger charge is 2.22. The topological polar surface area (TPSA) is 89.0 Å². The molecule has 1 aromatic carbocycles. The lowest BCUT2D eigenvalue weighted by atomic mass is 9.90. The van der Waals surface area contributed by atoms with Crippen molar-refractivity contribution in [3.8, 4) is 0 Å². The van der Waals surface area contributed by atoms with E-state index < -0.39 is 17.9 Å². The van der Waals surface area contributed by atoms with Gasteiger partial charge in [-0.2, -0.15) is 0 Å². The second-order valence-corrected chi connectivity index (χ2v) is 6.93. The van der Waals surface area contributed by atoms with Crippen LogP contribution in [0.1, 0.15) is 32.1 Å². The summed E-state index contributed by atoms with van der Waals surface area (Å²) in [7, 11) is 1.34. The van der Waals surface area contributed by atoms with Gasteiger partial charge in [-0.15, -0.1) is 0 Å². The lowest BCUT2D eigenvalue weighted by Gasteiger charge is -2.25. The predicted molar refractivity (Wildman–Crippen MR) is 110 cm³/mol. The molecule has 1 aliphatic carbocycles. The first kappa shape index (κ1) is 23.3. The molecule has 0 bridgehead atoms. The largest absolute Gasteiger partial charge is 0.480 e. The van der Waals surface area contributed by atoms with Gasteiger partial charge in [0.1, 0.15) is 12.4 Å². The van der Waals surface area contributed by atoms with E-state index in [1.165, 1.54) is 43.4 Å². The van der Waals surface area contributed by atoms with Gasteiger partial charge in [-0.05, 0) is 49.1 Å². The van der Waals surface area contributed by atoms with Gasteiger partial charge in [-0.25, -0.2) is 18.9 Å². The van der Waals surface area contributed by atoms with Crippen molar-refractivity contribution in [2.75, 3.05) is 25.2 Å². The maximum absolute atomic E-state index is 13.6. The molecule has 8 heteroatoms. The maximum atomic E-state index is 13.6. The first-order valence-corrected chi connectivity index (χ1v) is 9.84. The first-order chi connectivity index (χ1) is 14.5. The van der Waals surface area contributed by atoms with E-state index in [0.717, 1.165) is 12.8 Å². The highest BCUT2D eigenvalue weighted by Crippen LogP contribution is 2.28. The quantitative estimate of drug-likeness (QED) is 0.725. The number of anilines is 2. The molecule has 0 spiro atoms. The van der Waals surface area contributed by atoms with Crippen molar-refractivity contribution >= 4 is 23.4 Å². The van der Waals surface area contributed by atoms with Crippen LogP contribution in [0.15, 0.2) is 48.8 Å². The number of hydrogen-bond acceptors (Lipinski definition) is 5. The lowest BCUT2D eigenvalue weighted by Crippen LogP contribution is -2.29. The van der Waals surface area contributed by atoms with Crippen molar-refractivity contribution < 1.29 is 28.6 Å². The third-order valence-electron chi connectivity index (χ3n) is 4.59. The van der Waals surface area contributed by atoms with E-state index in [0.29, 0.717) is 23.9 Å². The zero-order chi connectivity index (χ0) is 21.8. The number of benzene rings is 1. The van der Waals surface area contributed by atoms with Gasteiger partial charge >= 0.3 is 12.1 Å². The molecule has 3 rings (SSSR count). The second kappa shape index (κ2) is 12.5. The molecule has 30 heavy (non-hydrogen) atoms. The molecule has 1 N–H and O–H groups in total. The van der Waals surface area contributed by atoms with Crippen LogP contribution >= 0.6 is 0 Å². The molecule has 162 valence electrons. The summed E-state index contributed by atoms with van der Waals surface area (Å²) in [4.78, 5) is 27.5.